The minimum Gasteiger partial charge on any atom is -0.322 e. The molecule has 0 bridgehead atoms. The topological polar surface area (TPSA) is 57.8 Å². The molecule has 0 aliphatic carbocycles. The quantitative estimate of drug-likeness (QED) is 0.749. The summed E-state index contributed by atoms with van der Waals surface area (Å²) in [6.07, 6.45) is 1.20. The molecule has 0 spiro atoms. The Morgan fingerprint density at radius 1 is 1.38 bits per heavy atom. The lowest BCUT2D eigenvalue weighted by Crippen LogP contribution is -2.15. The van der Waals surface area contributed by atoms with Crippen molar-refractivity contribution in [2.75, 3.05) is 5.32 Å². The summed E-state index contributed by atoms with van der Waals surface area (Å²) in [6.45, 7) is 2.04. The normalized spacial score (nSPS) is 10.7. The second-order valence-corrected chi connectivity index (χ2v) is 6.41. The van der Waals surface area contributed by atoms with E-state index in [4.69, 9.17) is 0 Å². The van der Waals surface area contributed by atoms with Crippen LogP contribution in [0, 0.1) is 0 Å². The maximum absolute atomic E-state index is 12.2. The molecule has 2 N–H and O–H groups in total. The number of carbonyl (C=O) groups is 1. The zero-order valence-electron chi connectivity index (χ0n) is 11.6. The van der Waals surface area contributed by atoms with Crippen LogP contribution >= 0.6 is 22.7 Å². The number of hydrogen-bond donors (Lipinski definition) is 2. The number of aromatic amines is 1. The third-order valence-corrected chi connectivity index (χ3v) is 4.73. The van der Waals surface area contributed by atoms with Gasteiger partial charge in [-0.05, 0) is 29.3 Å². The highest BCUT2D eigenvalue weighted by Crippen LogP contribution is 2.30. The van der Waals surface area contributed by atoms with Gasteiger partial charge in [0, 0.05) is 15.8 Å². The molecule has 0 saturated carbocycles. The van der Waals surface area contributed by atoms with Crippen LogP contribution in [0.3, 0.4) is 0 Å². The summed E-state index contributed by atoms with van der Waals surface area (Å²) in [5.74, 6) is -0.00923. The molecule has 0 aromatic carbocycles. The second-order valence-electron chi connectivity index (χ2n) is 4.60. The molecular formula is C15H15N3OS2. The van der Waals surface area contributed by atoms with Gasteiger partial charge >= 0.3 is 0 Å². The predicted octanol–water partition coefficient (Wildman–Crippen LogP) is 3.94. The Labute approximate surface area is 130 Å². The monoisotopic (exact) mass is 317 g/mol. The van der Waals surface area contributed by atoms with Crippen LogP contribution in [0.1, 0.15) is 17.5 Å². The maximum Gasteiger partial charge on any atom is 0.229 e. The van der Waals surface area contributed by atoms with Crippen molar-refractivity contribution in [1.82, 2.24) is 10.2 Å². The minimum atomic E-state index is -0.00923. The highest BCUT2D eigenvalue weighted by Gasteiger charge is 2.16. The smallest absolute Gasteiger partial charge is 0.229 e. The number of aryl methyl sites for hydroxylation is 1. The Kier molecular flexibility index (Phi) is 4.17. The molecule has 108 valence electrons. The van der Waals surface area contributed by atoms with Crippen molar-refractivity contribution in [1.29, 1.82) is 0 Å². The van der Waals surface area contributed by atoms with Crippen molar-refractivity contribution < 1.29 is 4.79 Å². The number of aromatic nitrogens is 2. The molecule has 0 atom stereocenters. The lowest BCUT2D eigenvalue weighted by atomic mass is 10.1. The van der Waals surface area contributed by atoms with Gasteiger partial charge in [0.2, 0.25) is 5.91 Å². The number of H-pyrrole nitrogens is 1. The molecule has 3 aromatic rings. The van der Waals surface area contributed by atoms with E-state index in [2.05, 4.69) is 15.5 Å². The first-order chi connectivity index (χ1) is 10.3. The van der Waals surface area contributed by atoms with Gasteiger partial charge in [-0.1, -0.05) is 13.0 Å². The maximum atomic E-state index is 12.2. The standard InChI is InChI=1S/C15H15N3OS2/c1-2-12-15(14(18-17-12)10-5-7-20-9-10)16-13(19)8-11-4-3-6-21-11/h3-7,9H,2,8H2,1H3,(H,16,19)(H,17,18). The van der Waals surface area contributed by atoms with E-state index in [9.17, 15) is 4.79 Å². The molecule has 0 aliphatic rings. The number of hydrogen-bond acceptors (Lipinski definition) is 4. The number of carbonyl (C=O) groups excluding carboxylic acids is 1. The molecule has 21 heavy (non-hydrogen) atoms. The van der Waals surface area contributed by atoms with Gasteiger partial charge in [0.05, 0.1) is 17.8 Å². The molecular weight excluding hydrogens is 302 g/mol. The third kappa shape index (κ3) is 3.06. The number of thiophene rings is 2. The average Bonchev–Trinajstić information content (AvgIpc) is 3.18. The molecule has 0 fully saturated rings. The average molecular weight is 317 g/mol. The highest BCUT2D eigenvalue weighted by molar-refractivity contribution is 7.10. The van der Waals surface area contributed by atoms with Crippen LogP contribution in [-0.4, -0.2) is 16.1 Å². The van der Waals surface area contributed by atoms with E-state index in [0.717, 1.165) is 33.9 Å². The van der Waals surface area contributed by atoms with Gasteiger partial charge in [0.15, 0.2) is 0 Å². The van der Waals surface area contributed by atoms with Crippen LogP contribution in [0.5, 0.6) is 0 Å². The van der Waals surface area contributed by atoms with Crippen LogP contribution in [-0.2, 0) is 17.6 Å². The Morgan fingerprint density at radius 2 is 2.29 bits per heavy atom. The summed E-state index contributed by atoms with van der Waals surface area (Å²) < 4.78 is 0. The number of rotatable bonds is 5. The lowest BCUT2D eigenvalue weighted by Gasteiger charge is -2.06. The van der Waals surface area contributed by atoms with Crippen molar-refractivity contribution >= 4 is 34.3 Å². The fourth-order valence-corrected chi connectivity index (χ4v) is 3.48. The zero-order valence-corrected chi connectivity index (χ0v) is 13.2. The van der Waals surface area contributed by atoms with Gasteiger partial charge in [-0.25, -0.2) is 0 Å². The van der Waals surface area contributed by atoms with Crippen LogP contribution in [0.4, 0.5) is 5.69 Å². The fraction of sp³-hybridized carbons (Fsp3) is 0.200. The molecule has 1 amide bonds. The Bertz CT molecular complexity index is 714. The molecule has 0 radical (unpaired) electrons. The van der Waals surface area contributed by atoms with Gasteiger partial charge in [0.25, 0.3) is 0 Å². The van der Waals surface area contributed by atoms with E-state index >= 15 is 0 Å². The number of anilines is 1. The number of amides is 1. The van der Waals surface area contributed by atoms with Crippen LogP contribution < -0.4 is 5.32 Å². The van der Waals surface area contributed by atoms with Crippen molar-refractivity contribution in [2.24, 2.45) is 0 Å². The van der Waals surface area contributed by atoms with E-state index in [0.29, 0.717) is 6.42 Å². The van der Waals surface area contributed by atoms with Crippen LogP contribution in [0.2, 0.25) is 0 Å². The minimum absolute atomic E-state index is 0.00923. The number of nitrogens with one attached hydrogen (secondary N) is 2. The Morgan fingerprint density at radius 3 is 2.95 bits per heavy atom. The van der Waals surface area contributed by atoms with Crippen LogP contribution in [0.15, 0.2) is 34.3 Å². The molecule has 3 rings (SSSR count). The summed E-state index contributed by atoms with van der Waals surface area (Å²) in [7, 11) is 0. The summed E-state index contributed by atoms with van der Waals surface area (Å²) >= 11 is 3.21. The van der Waals surface area contributed by atoms with Crippen molar-refractivity contribution in [3.8, 4) is 11.3 Å². The zero-order chi connectivity index (χ0) is 14.7. The molecule has 4 nitrogen and oxygen atoms in total. The van der Waals surface area contributed by atoms with Gasteiger partial charge in [0.1, 0.15) is 5.69 Å². The van der Waals surface area contributed by atoms with Crippen LogP contribution in [0.25, 0.3) is 11.3 Å². The third-order valence-electron chi connectivity index (χ3n) is 3.17. The fourth-order valence-electron chi connectivity index (χ4n) is 2.13. The van der Waals surface area contributed by atoms with E-state index in [-0.39, 0.29) is 5.91 Å². The number of nitrogens with zero attached hydrogens (tertiary/aromatic N) is 1. The predicted molar refractivity (Wildman–Crippen MR) is 87.9 cm³/mol. The first-order valence-corrected chi connectivity index (χ1v) is 8.52. The SMILES string of the molecule is CCc1[nH]nc(-c2ccsc2)c1NC(=O)Cc1cccs1. The second kappa shape index (κ2) is 6.24. The first-order valence-electron chi connectivity index (χ1n) is 6.70. The molecule has 0 aliphatic heterocycles. The van der Waals surface area contributed by atoms with Gasteiger partial charge in [-0.2, -0.15) is 16.4 Å². The molecule has 0 unspecified atom stereocenters. The van der Waals surface area contributed by atoms with E-state index in [1.54, 1.807) is 22.7 Å². The Hall–Kier alpha value is -1.92. The highest BCUT2D eigenvalue weighted by atomic mass is 32.1. The molecule has 6 heteroatoms. The summed E-state index contributed by atoms with van der Waals surface area (Å²) in [5.41, 5.74) is 3.60. The molecule has 0 saturated heterocycles. The largest absolute Gasteiger partial charge is 0.322 e. The van der Waals surface area contributed by atoms with Gasteiger partial charge in [-0.3, -0.25) is 9.89 Å². The summed E-state index contributed by atoms with van der Waals surface area (Å²) in [6, 6.07) is 5.94. The van der Waals surface area contributed by atoms with E-state index < -0.39 is 0 Å². The first kappa shape index (κ1) is 14.0. The molecule has 3 aromatic heterocycles. The van der Waals surface area contributed by atoms with Gasteiger partial charge < -0.3 is 5.32 Å². The van der Waals surface area contributed by atoms with Crippen molar-refractivity contribution in [2.45, 2.75) is 19.8 Å². The van der Waals surface area contributed by atoms with E-state index in [1.807, 2.05) is 41.3 Å². The summed E-state index contributed by atoms with van der Waals surface area (Å²) in [5, 5.41) is 16.4. The van der Waals surface area contributed by atoms with Crippen molar-refractivity contribution in [3.63, 3.8) is 0 Å². The summed E-state index contributed by atoms with van der Waals surface area (Å²) in [4.78, 5) is 13.3. The van der Waals surface area contributed by atoms with E-state index in [1.165, 1.54) is 0 Å². The van der Waals surface area contributed by atoms with Gasteiger partial charge in [-0.15, -0.1) is 11.3 Å². The molecule has 3 heterocycles. The Balaban J connectivity index is 1.83. The lowest BCUT2D eigenvalue weighted by molar-refractivity contribution is -0.115. The van der Waals surface area contributed by atoms with Crippen molar-refractivity contribution in [3.05, 3.63) is 44.9 Å².